The SMILES string of the molecule is C1=C(c2ccc(-c3ccc(-c4ccc5c6ccccc6n(-c6ccccc6)c5c4)cc3)s2)SC(c2ccc(-c3ccc4c5ccccc5n(-c5ccccc5)c4c3)cc2)C1. The number of nitrogens with zero attached hydrogens (tertiary/aromatic N) is 2. The molecular formula is C56H38N2S2. The number of rotatable bonds is 7. The Kier molecular flexibility index (Phi) is 8.46. The van der Waals surface area contributed by atoms with Crippen molar-refractivity contribution < 1.29 is 0 Å². The molecule has 0 N–H and O–H groups in total. The second-order valence-electron chi connectivity index (χ2n) is 15.6. The van der Waals surface area contributed by atoms with Gasteiger partial charge >= 0.3 is 0 Å². The summed E-state index contributed by atoms with van der Waals surface area (Å²) in [4.78, 5) is 4.03. The van der Waals surface area contributed by atoms with E-state index < -0.39 is 0 Å². The third-order valence-electron chi connectivity index (χ3n) is 12.1. The molecule has 1 aliphatic heterocycles. The molecule has 1 aliphatic rings. The monoisotopic (exact) mass is 802 g/mol. The molecule has 1 atom stereocenters. The zero-order chi connectivity index (χ0) is 39.6. The van der Waals surface area contributed by atoms with E-state index in [0.717, 1.165) is 6.42 Å². The molecule has 0 saturated heterocycles. The van der Waals surface area contributed by atoms with Crippen molar-refractivity contribution >= 4 is 71.6 Å². The number of benzene rings is 8. The minimum absolute atomic E-state index is 0.417. The Morgan fingerprint density at radius 1 is 0.367 bits per heavy atom. The molecule has 3 aromatic heterocycles. The third kappa shape index (κ3) is 5.94. The molecule has 60 heavy (non-hydrogen) atoms. The van der Waals surface area contributed by atoms with E-state index in [1.807, 2.05) is 23.1 Å². The van der Waals surface area contributed by atoms with Crippen LogP contribution in [0.25, 0.3) is 92.6 Å². The van der Waals surface area contributed by atoms with Crippen LogP contribution in [-0.4, -0.2) is 9.13 Å². The van der Waals surface area contributed by atoms with Gasteiger partial charge in [0.15, 0.2) is 0 Å². The topological polar surface area (TPSA) is 9.86 Å². The summed E-state index contributed by atoms with van der Waals surface area (Å²) in [6.07, 6.45) is 3.47. The van der Waals surface area contributed by atoms with Gasteiger partial charge in [-0.05, 0) is 100 Å². The number of thioether (sulfide) groups is 1. The van der Waals surface area contributed by atoms with Crippen LogP contribution < -0.4 is 0 Å². The van der Waals surface area contributed by atoms with Crippen LogP contribution in [0.2, 0.25) is 0 Å². The summed E-state index contributed by atoms with van der Waals surface area (Å²) < 4.78 is 4.78. The molecule has 0 bridgehead atoms. The van der Waals surface area contributed by atoms with Crippen LogP contribution >= 0.6 is 23.1 Å². The first-order chi connectivity index (χ1) is 29.7. The zero-order valence-electron chi connectivity index (χ0n) is 32.7. The van der Waals surface area contributed by atoms with Crippen molar-refractivity contribution in [2.45, 2.75) is 11.7 Å². The molecule has 284 valence electrons. The Morgan fingerprint density at radius 2 is 0.817 bits per heavy atom. The van der Waals surface area contributed by atoms with Gasteiger partial charge in [-0.2, -0.15) is 0 Å². The number of hydrogen-bond donors (Lipinski definition) is 0. The quantitative estimate of drug-likeness (QED) is 0.156. The lowest BCUT2D eigenvalue weighted by Crippen LogP contribution is -1.93. The highest BCUT2D eigenvalue weighted by Crippen LogP contribution is 2.50. The van der Waals surface area contributed by atoms with Gasteiger partial charge in [-0.15, -0.1) is 23.1 Å². The highest BCUT2D eigenvalue weighted by molar-refractivity contribution is 8.09. The lowest BCUT2D eigenvalue weighted by Gasteiger charge is -2.12. The Morgan fingerprint density at radius 3 is 1.38 bits per heavy atom. The van der Waals surface area contributed by atoms with Gasteiger partial charge < -0.3 is 9.13 Å². The molecule has 12 rings (SSSR count). The van der Waals surface area contributed by atoms with Gasteiger partial charge in [-0.1, -0.05) is 152 Å². The summed E-state index contributed by atoms with van der Waals surface area (Å²) in [5, 5.41) is 5.53. The van der Waals surface area contributed by atoms with E-state index in [2.05, 4.69) is 221 Å². The van der Waals surface area contributed by atoms with Crippen LogP contribution in [0, 0.1) is 0 Å². The van der Waals surface area contributed by atoms with Crippen LogP contribution in [0.3, 0.4) is 0 Å². The van der Waals surface area contributed by atoms with Crippen LogP contribution in [-0.2, 0) is 0 Å². The standard InChI is InChI=1S/C56H38N2S2/c1-3-11-43(12-4-1)57-49-17-9-7-15-45(49)47-29-27-41(35-51(47)57)37-19-23-39(24-20-37)53-31-33-55(59-53)56-34-32-54(60-56)40-25-21-38(22-26-40)42-28-30-48-46-16-8-10-18-50(46)58(52(48)36-42)44-13-5-2-6-14-44/h1-31,33-36,54H,32H2. The molecule has 0 radical (unpaired) electrons. The van der Waals surface area contributed by atoms with E-state index in [1.165, 1.54) is 103 Å². The molecule has 0 spiro atoms. The molecule has 0 saturated carbocycles. The summed E-state index contributed by atoms with van der Waals surface area (Å²) in [6.45, 7) is 0. The molecule has 0 fully saturated rings. The van der Waals surface area contributed by atoms with Gasteiger partial charge in [-0.3, -0.25) is 0 Å². The van der Waals surface area contributed by atoms with Crippen molar-refractivity contribution in [1.82, 2.24) is 9.13 Å². The van der Waals surface area contributed by atoms with E-state index in [0.29, 0.717) is 5.25 Å². The minimum atomic E-state index is 0.417. The van der Waals surface area contributed by atoms with Crippen molar-refractivity contribution in [2.75, 3.05) is 0 Å². The Hall–Kier alpha value is -6.85. The normalized spacial score (nSPS) is 14.1. The van der Waals surface area contributed by atoms with E-state index >= 15 is 0 Å². The largest absolute Gasteiger partial charge is 0.309 e. The molecule has 11 aromatic rings. The van der Waals surface area contributed by atoms with Crippen LogP contribution in [0.15, 0.2) is 212 Å². The number of allylic oxidation sites excluding steroid dienone is 1. The van der Waals surface area contributed by atoms with E-state index in [4.69, 9.17) is 0 Å². The van der Waals surface area contributed by atoms with Gasteiger partial charge in [0, 0.05) is 52.8 Å². The van der Waals surface area contributed by atoms with Crippen molar-refractivity contribution in [3.8, 4) is 44.1 Å². The lowest BCUT2D eigenvalue weighted by atomic mass is 10.0. The second-order valence-corrected chi connectivity index (χ2v) is 17.9. The zero-order valence-corrected chi connectivity index (χ0v) is 34.3. The molecule has 0 amide bonds. The van der Waals surface area contributed by atoms with E-state index in [9.17, 15) is 0 Å². The number of hydrogen-bond acceptors (Lipinski definition) is 2. The van der Waals surface area contributed by atoms with Gasteiger partial charge in [0.2, 0.25) is 0 Å². The molecule has 8 aromatic carbocycles. The molecular weight excluding hydrogens is 765 g/mol. The maximum atomic E-state index is 2.43. The number of para-hydroxylation sites is 4. The number of fused-ring (bicyclic) bond motifs is 6. The predicted molar refractivity (Wildman–Crippen MR) is 259 cm³/mol. The Balaban J connectivity index is 0.766. The van der Waals surface area contributed by atoms with Crippen LogP contribution in [0.5, 0.6) is 0 Å². The first-order valence-electron chi connectivity index (χ1n) is 20.6. The minimum Gasteiger partial charge on any atom is -0.309 e. The van der Waals surface area contributed by atoms with Gasteiger partial charge in [0.25, 0.3) is 0 Å². The smallest absolute Gasteiger partial charge is 0.0547 e. The van der Waals surface area contributed by atoms with E-state index in [-0.39, 0.29) is 0 Å². The maximum Gasteiger partial charge on any atom is 0.0547 e. The fourth-order valence-electron chi connectivity index (χ4n) is 9.18. The van der Waals surface area contributed by atoms with Gasteiger partial charge in [-0.25, -0.2) is 0 Å². The van der Waals surface area contributed by atoms with Crippen molar-refractivity contribution in [3.63, 3.8) is 0 Å². The number of thiophene rings is 1. The van der Waals surface area contributed by atoms with Crippen molar-refractivity contribution in [3.05, 3.63) is 223 Å². The molecule has 4 heteroatoms. The fourth-order valence-corrected chi connectivity index (χ4v) is 11.6. The molecule has 0 aliphatic carbocycles. The first kappa shape index (κ1) is 35.1. The predicted octanol–water partition coefficient (Wildman–Crippen LogP) is 16.2. The summed E-state index contributed by atoms with van der Waals surface area (Å²) in [7, 11) is 0. The highest BCUT2D eigenvalue weighted by atomic mass is 32.2. The van der Waals surface area contributed by atoms with Gasteiger partial charge in [0.05, 0.1) is 22.1 Å². The average Bonchev–Trinajstić information content (AvgIpc) is 4.13. The third-order valence-corrected chi connectivity index (χ3v) is 14.8. The molecule has 1 unspecified atom stereocenters. The van der Waals surface area contributed by atoms with Crippen LogP contribution in [0.1, 0.15) is 22.1 Å². The van der Waals surface area contributed by atoms with Gasteiger partial charge in [0.1, 0.15) is 0 Å². The van der Waals surface area contributed by atoms with E-state index in [1.54, 1.807) is 0 Å². The maximum absolute atomic E-state index is 2.43. The summed E-state index contributed by atoms with van der Waals surface area (Å²) in [5.41, 5.74) is 14.8. The van der Waals surface area contributed by atoms with Crippen LogP contribution in [0.4, 0.5) is 0 Å². The van der Waals surface area contributed by atoms with Crippen molar-refractivity contribution in [1.29, 1.82) is 0 Å². The summed E-state index contributed by atoms with van der Waals surface area (Å²) in [6, 6.07) is 75.6. The molecule has 2 nitrogen and oxygen atoms in total. The average molecular weight is 803 g/mol. The fraction of sp³-hybridized carbons (Fsp3) is 0.0357. The Bertz CT molecular complexity index is 3400. The number of aromatic nitrogens is 2. The summed E-state index contributed by atoms with van der Waals surface area (Å²) in [5.74, 6) is 0. The summed E-state index contributed by atoms with van der Waals surface area (Å²) >= 11 is 3.89. The van der Waals surface area contributed by atoms with Crippen molar-refractivity contribution in [2.24, 2.45) is 0 Å². The highest BCUT2D eigenvalue weighted by Gasteiger charge is 2.23. The molecule has 4 heterocycles. The first-order valence-corrected chi connectivity index (χ1v) is 22.3. The Labute approximate surface area is 357 Å². The second kappa shape index (κ2) is 14.5. The lowest BCUT2D eigenvalue weighted by molar-refractivity contribution is 0.991.